The van der Waals surface area contributed by atoms with Gasteiger partial charge < -0.3 is 14.2 Å². The largest absolute Gasteiger partial charge is 0.483 e. The second kappa shape index (κ2) is 9.88. The van der Waals surface area contributed by atoms with Crippen LogP contribution in [0.25, 0.3) is 0 Å². The van der Waals surface area contributed by atoms with Gasteiger partial charge in [-0.1, -0.05) is 23.9 Å². The first-order valence-corrected chi connectivity index (χ1v) is 9.84. The van der Waals surface area contributed by atoms with Crippen molar-refractivity contribution in [1.29, 1.82) is 0 Å². The number of para-hydroxylation sites is 1. The number of carbonyl (C=O) groups excluding carboxylic acids is 1. The minimum Gasteiger partial charge on any atom is -0.483 e. The van der Waals surface area contributed by atoms with Crippen LogP contribution >= 0.6 is 11.8 Å². The fourth-order valence-electron chi connectivity index (χ4n) is 2.46. The van der Waals surface area contributed by atoms with Crippen molar-refractivity contribution >= 4 is 17.7 Å². The molecule has 0 bridgehead atoms. The summed E-state index contributed by atoms with van der Waals surface area (Å²) in [6.45, 7) is 7.85. The van der Waals surface area contributed by atoms with Crippen molar-refractivity contribution in [3.63, 3.8) is 0 Å². The molecule has 1 atom stereocenters. The number of halogens is 1. The molecule has 1 heterocycles. The monoisotopic (exact) mass is 411 g/mol. The summed E-state index contributed by atoms with van der Waals surface area (Å²) in [5.74, 6) is -0.0314. The lowest BCUT2D eigenvalue weighted by atomic mass is 10.2. The van der Waals surface area contributed by atoms with Crippen LogP contribution in [-0.4, -0.2) is 45.8 Å². The van der Waals surface area contributed by atoms with Crippen LogP contribution in [0.15, 0.2) is 29.4 Å². The van der Waals surface area contributed by atoms with E-state index in [1.165, 1.54) is 17.8 Å². The summed E-state index contributed by atoms with van der Waals surface area (Å²) in [6, 6.07) is 6.07. The summed E-state index contributed by atoms with van der Waals surface area (Å²) in [6.07, 6.45) is 0. The van der Waals surface area contributed by atoms with E-state index in [1.54, 1.807) is 25.3 Å². The lowest BCUT2D eigenvalue weighted by Gasteiger charge is -2.20. The quantitative estimate of drug-likeness (QED) is 0.461. The molecule has 0 fully saturated rings. The Kier molecular flexibility index (Phi) is 7.82. The van der Waals surface area contributed by atoms with E-state index in [4.69, 9.17) is 14.2 Å². The number of rotatable bonds is 9. The van der Waals surface area contributed by atoms with Gasteiger partial charge in [0.2, 0.25) is 0 Å². The molecule has 154 valence electrons. The standard InChI is InChI=1S/C19H26FN3O4S/c1-13(10-25-5)23-16(11-26-15-9-7-6-8-14(15)20)21-22-18(23)28-12-17(24)27-19(2,3)4/h6-9,13H,10-12H2,1-5H3/t13-/m0/s1. The fourth-order valence-corrected chi connectivity index (χ4v) is 3.29. The molecule has 28 heavy (non-hydrogen) atoms. The van der Waals surface area contributed by atoms with Crippen molar-refractivity contribution in [2.24, 2.45) is 0 Å². The van der Waals surface area contributed by atoms with Gasteiger partial charge in [-0.2, -0.15) is 0 Å². The first-order valence-electron chi connectivity index (χ1n) is 8.86. The summed E-state index contributed by atoms with van der Waals surface area (Å²) in [5, 5.41) is 8.86. The molecule has 1 aromatic heterocycles. The number of thioether (sulfide) groups is 1. The van der Waals surface area contributed by atoms with Crippen LogP contribution in [0.3, 0.4) is 0 Å². The summed E-state index contributed by atoms with van der Waals surface area (Å²) in [5.41, 5.74) is -0.548. The van der Waals surface area contributed by atoms with Gasteiger partial charge in [-0.05, 0) is 39.8 Å². The number of nitrogens with zero attached hydrogens (tertiary/aromatic N) is 3. The molecular formula is C19H26FN3O4S. The van der Waals surface area contributed by atoms with Crippen LogP contribution < -0.4 is 4.74 Å². The highest BCUT2D eigenvalue weighted by Crippen LogP contribution is 2.24. The van der Waals surface area contributed by atoms with Crippen molar-refractivity contribution in [2.45, 2.75) is 51.1 Å². The smallest absolute Gasteiger partial charge is 0.316 e. The predicted molar refractivity (Wildman–Crippen MR) is 104 cm³/mol. The third-order valence-electron chi connectivity index (χ3n) is 3.52. The lowest BCUT2D eigenvalue weighted by Crippen LogP contribution is -2.25. The highest BCUT2D eigenvalue weighted by Gasteiger charge is 2.21. The Bertz CT molecular complexity index is 792. The molecule has 0 aliphatic carbocycles. The molecule has 2 rings (SSSR count). The molecule has 2 aromatic rings. The van der Waals surface area contributed by atoms with E-state index in [0.717, 1.165) is 0 Å². The number of benzene rings is 1. The van der Waals surface area contributed by atoms with Gasteiger partial charge in [0, 0.05) is 7.11 Å². The number of esters is 1. The molecule has 0 amide bonds. The number of hydrogen-bond donors (Lipinski definition) is 0. The van der Waals surface area contributed by atoms with E-state index in [9.17, 15) is 9.18 Å². The van der Waals surface area contributed by atoms with Crippen LogP contribution in [0.2, 0.25) is 0 Å². The Labute approximate surface area is 168 Å². The molecule has 0 saturated carbocycles. The van der Waals surface area contributed by atoms with Gasteiger partial charge in [0.05, 0.1) is 18.4 Å². The minimum absolute atomic E-state index is 0.0367. The van der Waals surface area contributed by atoms with Crippen LogP contribution in [0.4, 0.5) is 4.39 Å². The third-order valence-corrected chi connectivity index (χ3v) is 4.43. The summed E-state index contributed by atoms with van der Waals surface area (Å²) < 4.78 is 31.7. The zero-order valence-electron chi connectivity index (χ0n) is 16.8. The van der Waals surface area contributed by atoms with E-state index in [-0.39, 0.29) is 30.1 Å². The maximum atomic E-state index is 13.8. The lowest BCUT2D eigenvalue weighted by molar-refractivity contribution is -0.151. The average Bonchev–Trinajstić information content (AvgIpc) is 3.01. The highest BCUT2D eigenvalue weighted by molar-refractivity contribution is 7.99. The van der Waals surface area contributed by atoms with Gasteiger partial charge in [0.1, 0.15) is 12.2 Å². The van der Waals surface area contributed by atoms with Crippen LogP contribution in [-0.2, 0) is 20.9 Å². The minimum atomic E-state index is -0.548. The van der Waals surface area contributed by atoms with Crippen molar-refractivity contribution < 1.29 is 23.4 Å². The summed E-state index contributed by atoms with van der Waals surface area (Å²) in [7, 11) is 1.60. The van der Waals surface area contributed by atoms with Gasteiger partial charge >= 0.3 is 5.97 Å². The molecule has 0 aliphatic rings. The van der Waals surface area contributed by atoms with Gasteiger partial charge in [-0.25, -0.2) is 4.39 Å². The highest BCUT2D eigenvalue weighted by atomic mass is 32.2. The molecular weight excluding hydrogens is 385 g/mol. The zero-order valence-corrected chi connectivity index (χ0v) is 17.6. The second-order valence-corrected chi connectivity index (χ2v) is 8.11. The number of hydrogen-bond acceptors (Lipinski definition) is 7. The average molecular weight is 411 g/mol. The van der Waals surface area contributed by atoms with Gasteiger partial charge in [-0.15, -0.1) is 10.2 Å². The van der Waals surface area contributed by atoms with Crippen molar-refractivity contribution in [3.8, 4) is 5.75 Å². The van der Waals surface area contributed by atoms with Crippen molar-refractivity contribution in [2.75, 3.05) is 19.5 Å². The van der Waals surface area contributed by atoms with E-state index in [1.807, 2.05) is 32.3 Å². The first-order chi connectivity index (χ1) is 13.2. The van der Waals surface area contributed by atoms with Gasteiger partial charge in [0.15, 0.2) is 22.5 Å². The molecule has 1 aromatic carbocycles. The number of aromatic nitrogens is 3. The fraction of sp³-hybridized carbons (Fsp3) is 0.526. The van der Waals surface area contributed by atoms with E-state index >= 15 is 0 Å². The molecule has 0 saturated heterocycles. The van der Waals surface area contributed by atoms with Crippen LogP contribution in [0.1, 0.15) is 39.6 Å². The Balaban J connectivity index is 2.13. The molecule has 0 unspecified atom stereocenters. The maximum Gasteiger partial charge on any atom is 0.316 e. The number of ether oxygens (including phenoxy) is 3. The second-order valence-electron chi connectivity index (χ2n) is 7.17. The number of carbonyl (C=O) groups is 1. The van der Waals surface area contributed by atoms with Crippen LogP contribution in [0.5, 0.6) is 5.75 Å². The van der Waals surface area contributed by atoms with Gasteiger partial charge in [-0.3, -0.25) is 9.36 Å². The summed E-state index contributed by atoms with van der Waals surface area (Å²) in [4.78, 5) is 12.0. The molecule has 7 nitrogen and oxygen atoms in total. The third kappa shape index (κ3) is 6.49. The van der Waals surface area contributed by atoms with Crippen LogP contribution in [0, 0.1) is 5.82 Å². The number of methoxy groups -OCH3 is 1. The van der Waals surface area contributed by atoms with E-state index in [0.29, 0.717) is 17.6 Å². The maximum absolute atomic E-state index is 13.8. The van der Waals surface area contributed by atoms with E-state index in [2.05, 4.69) is 10.2 Å². The first kappa shape index (κ1) is 22.2. The Morgan fingerprint density at radius 1 is 1.29 bits per heavy atom. The Morgan fingerprint density at radius 3 is 2.64 bits per heavy atom. The van der Waals surface area contributed by atoms with Crippen molar-refractivity contribution in [1.82, 2.24) is 14.8 Å². The molecule has 9 heteroatoms. The topological polar surface area (TPSA) is 75.5 Å². The predicted octanol–water partition coefficient (Wildman–Crippen LogP) is 3.64. The Morgan fingerprint density at radius 2 is 2.00 bits per heavy atom. The normalized spacial score (nSPS) is 12.6. The van der Waals surface area contributed by atoms with Gasteiger partial charge in [0.25, 0.3) is 0 Å². The zero-order chi connectivity index (χ0) is 20.7. The molecule has 0 aliphatic heterocycles. The van der Waals surface area contributed by atoms with Crippen molar-refractivity contribution in [3.05, 3.63) is 35.9 Å². The SMILES string of the molecule is COC[C@H](C)n1c(COc2ccccc2F)nnc1SCC(=O)OC(C)(C)C. The molecule has 0 N–H and O–H groups in total. The summed E-state index contributed by atoms with van der Waals surface area (Å²) >= 11 is 1.23. The Hall–Kier alpha value is -2.13. The molecule has 0 spiro atoms. The molecule has 0 radical (unpaired) electrons. The van der Waals surface area contributed by atoms with E-state index < -0.39 is 11.4 Å².